The van der Waals surface area contributed by atoms with Gasteiger partial charge in [-0.2, -0.15) is 0 Å². The van der Waals surface area contributed by atoms with Crippen LogP contribution in [-0.4, -0.2) is 22.4 Å². The maximum absolute atomic E-state index is 13.1. The van der Waals surface area contributed by atoms with E-state index < -0.39 is 27.0 Å². The Bertz CT molecular complexity index is 829. The van der Waals surface area contributed by atoms with Crippen LogP contribution in [0.2, 0.25) is 10.0 Å². The summed E-state index contributed by atoms with van der Waals surface area (Å²) >= 11 is 15.3. The van der Waals surface area contributed by atoms with Crippen molar-refractivity contribution in [2.75, 3.05) is 0 Å². The van der Waals surface area contributed by atoms with E-state index in [1.54, 1.807) is 6.07 Å². The smallest absolute Gasteiger partial charge is 0.271 e. The summed E-state index contributed by atoms with van der Waals surface area (Å²) in [5.74, 6) is -0.890. The van der Waals surface area contributed by atoms with Crippen molar-refractivity contribution >= 4 is 56.7 Å². The van der Waals surface area contributed by atoms with Gasteiger partial charge in [-0.25, -0.2) is 0 Å². The molecule has 140 valence electrons. The first-order chi connectivity index (χ1) is 12.0. The lowest BCUT2D eigenvalue weighted by molar-refractivity contribution is -0.136. The lowest BCUT2D eigenvalue weighted by Crippen LogP contribution is -2.55. The van der Waals surface area contributed by atoms with Crippen molar-refractivity contribution in [1.29, 1.82) is 0 Å². The summed E-state index contributed by atoms with van der Waals surface area (Å²) in [5.41, 5.74) is 3.06. The highest BCUT2D eigenvalue weighted by atomic mass is 79.9. The number of halogens is 3. The van der Waals surface area contributed by atoms with E-state index in [1.807, 2.05) is 20.8 Å². The lowest BCUT2D eigenvalue weighted by Gasteiger charge is -2.39. The number of rotatable bonds is 2. The second kappa shape index (κ2) is 6.21. The third-order valence-electron chi connectivity index (χ3n) is 6.59. The summed E-state index contributed by atoms with van der Waals surface area (Å²) in [5, 5.41) is 0.596. The van der Waals surface area contributed by atoms with E-state index in [9.17, 15) is 14.4 Å². The molecule has 2 bridgehead atoms. The standard InChI is InChI=1S/C18H19BrCl2N2O3/c1-16(2)17(3)6-7-18(16,12(19)13(17)24)15(26)23-22-14(25)10-5-4-9(20)8-11(10)21/h4-5,8,12H,6-7H2,1-3H3,(H,22,25)(H,23,26). The number of hydrazine groups is 1. The van der Waals surface area contributed by atoms with Crippen LogP contribution in [0, 0.1) is 16.2 Å². The Morgan fingerprint density at radius 3 is 2.35 bits per heavy atom. The minimum atomic E-state index is -0.921. The van der Waals surface area contributed by atoms with E-state index in [1.165, 1.54) is 12.1 Å². The number of Topliss-reactive ketones (excluding diaryl/α,β-unsaturated/α-hetero) is 1. The summed E-state index contributed by atoms with van der Waals surface area (Å²) in [7, 11) is 0. The second-order valence-electron chi connectivity index (χ2n) is 7.69. The van der Waals surface area contributed by atoms with Crippen molar-refractivity contribution in [3.63, 3.8) is 0 Å². The molecule has 0 aliphatic heterocycles. The van der Waals surface area contributed by atoms with Gasteiger partial charge < -0.3 is 0 Å². The van der Waals surface area contributed by atoms with Gasteiger partial charge in [-0.3, -0.25) is 25.2 Å². The Balaban J connectivity index is 1.80. The number of benzene rings is 1. The maximum atomic E-state index is 13.1. The Morgan fingerprint density at radius 1 is 1.15 bits per heavy atom. The number of carbonyl (C=O) groups is 3. The number of hydrogen-bond acceptors (Lipinski definition) is 3. The quantitative estimate of drug-likeness (QED) is 0.517. The molecule has 3 rings (SSSR count). The molecule has 1 aromatic carbocycles. The molecule has 2 N–H and O–H groups in total. The zero-order valence-electron chi connectivity index (χ0n) is 14.6. The first-order valence-electron chi connectivity index (χ1n) is 8.23. The summed E-state index contributed by atoms with van der Waals surface area (Å²) < 4.78 is 0. The Morgan fingerprint density at radius 2 is 1.81 bits per heavy atom. The van der Waals surface area contributed by atoms with Crippen molar-refractivity contribution in [1.82, 2.24) is 10.9 Å². The Kier molecular flexibility index (Phi) is 4.69. The van der Waals surface area contributed by atoms with Gasteiger partial charge >= 0.3 is 0 Å². The average Bonchev–Trinajstić information content (AvgIpc) is 2.84. The van der Waals surface area contributed by atoms with Crippen LogP contribution in [0.25, 0.3) is 0 Å². The van der Waals surface area contributed by atoms with Crippen LogP contribution in [-0.2, 0) is 9.59 Å². The van der Waals surface area contributed by atoms with Crippen LogP contribution in [0.3, 0.4) is 0 Å². The molecule has 0 aromatic heterocycles. The van der Waals surface area contributed by atoms with Gasteiger partial charge in [0.2, 0.25) is 5.91 Å². The molecule has 1 aromatic rings. The van der Waals surface area contributed by atoms with Gasteiger partial charge in [-0.05, 0) is 36.5 Å². The average molecular weight is 462 g/mol. The normalized spacial score (nSPS) is 31.8. The monoisotopic (exact) mass is 460 g/mol. The number of carbonyl (C=O) groups excluding carboxylic acids is 3. The van der Waals surface area contributed by atoms with Gasteiger partial charge in [0.1, 0.15) is 0 Å². The van der Waals surface area contributed by atoms with E-state index in [0.717, 1.165) is 0 Å². The van der Waals surface area contributed by atoms with Crippen molar-refractivity contribution in [2.45, 2.75) is 38.4 Å². The van der Waals surface area contributed by atoms with Crippen molar-refractivity contribution < 1.29 is 14.4 Å². The topological polar surface area (TPSA) is 75.3 Å². The maximum Gasteiger partial charge on any atom is 0.271 e. The highest BCUT2D eigenvalue weighted by molar-refractivity contribution is 9.10. The van der Waals surface area contributed by atoms with Crippen LogP contribution in [0.5, 0.6) is 0 Å². The number of ketones is 1. The molecule has 2 aliphatic carbocycles. The molecular weight excluding hydrogens is 443 g/mol. The van der Waals surface area contributed by atoms with E-state index >= 15 is 0 Å². The minimum absolute atomic E-state index is 0.0379. The van der Waals surface area contributed by atoms with Gasteiger partial charge in [0.05, 0.1) is 20.8 Å². The Labute approximate surface area is 170 Å². The Hall–Kier alpha value is -1.11. The summed E-state index contributed by atoms with van der Waals surface area (Å²) in [6, 6.07) is 4.47. The third-order valence-corrected chi connectivity index (χ3v) is 8.34. The van der Waals surface area contributed by atoms with Crippen LogP contribution >= 0.6 is 39.1 Å². The van der Waals surface area contributed by atoms with E-state index in [4.69, 9.17) is 23.2 Å². The molecule has 2 saturated carbocycles. The number of alkyl halides is 1. The van der Waals surface area contributed by atoms with E-state index in [-0.39, 0.29) is 22.3 Å². The van der Waals surface area contributed by atoms with E-state index in [0.29, 0.717) is 17.9 Å². The van der Waals surface area contributed by atoms with Gasteiger partial charge in [0.25, 0.3) is 5.91 Å². The predicted octanol–water partition coefficient (Wildman–Crippen LogP) is 3.91. The molecule has 0 heterocycles. The summed E-state index contributed by atoms with van der Waals surface area (Å²) in [6.07, 6.45) is 1.22. The number of hydrogen-bond donors (Lipinski definition) is 2. The van der Waals surface area contributed by atoms with Crippen LogP contribution in [0.4, 0.5) is 0 Å². The van der Waals surface area contributed by atoms with Crippen molar-refractivity contribution in [3.8, 4) is 0 Å². The van der Waals surface area contributed by atoms with Gasteiger partial charge in [-0.15, -0.1) is 0 Å². The molecular formula is C18H19BrCl2N2O3. The molecule has 0 saturated heterocycles. The summed E-state index contributed by atoms with van der Waals surface area (Å²) in [4.78, 5) is 37.5. The van der Waals surface area contributed by atoms with Gasteiger partial charge in [-0.1, -0.05) is 59.9 Å². The van der Waals surface area contributed by atoms with Crippen molar-refractivity contribution in [2.24, 2.45) is 16.2 Å². The SMILES string of the molecule is CC12CCC(C(=O)NNC(=O)c3ccc(Cl)cc3Cl)(C(Br)C1=O)C2(C)C. The zero-order valence-corrected chi connectivity index (χ0v) is 17.7. The third kappa shape index (κ3) is 2.38. The molecule has 2 amide bonds. The number of nitrogens with one attached hydrogen (secondary N) is 2. The lowest BCUT2D eigenvalue weighted by atomic mass is 9.64. The fourth-order valence-corrected chi connectivity index (χ4v) is 6.43. The second-order valence-corrected chi connectivity index (χ2v) is 9.45. The molecule has 8 heteroatoms. The van der Waals surface area contributed by atoms with E-state index in [2.05, 4.69) is 26.8 Å². The predicted molar refractivity (Wildman–Crippen MR) is 103 cm³/mol. The molecule has 0 spiro atoms. The zero-order chi connectivity index (χ0) is 19.5. The first kappa shape index (κ1) is 19.6. The number of fused-ring (bicyclic) bond motifs is 2. The van der Waals surface area contributed by atoms with Crippen LogP contribution < -0.4 is 10.9 Å². The fourth-order valence-electron chi connectivity index (χ4n) is 4.42. The highest BCUT2D eigenvalue weighted by Gasteiger charge is 2.76. The number of amides is 2. The minimum Gasteiger partial charge on any atom is -0.298 e. The molecule has 3 unspecified atom stereocenters. The van der Waals surface area contributed by atoms with Gasteiger partial charge in [0, 0.05) is 10.4 Å². The molecule has 2 aliphatic rings. The van der Waals surface area contributed by atoms with Crippen molar-refractivity contribution in [3.05, 3.63) is 33.8 Å². The van der Waals surface area contributed by atoms with Crippen LogP contribution in [0.15, 0.2) is 18.2 Å². The molecule has 0 radical (unpaired) electrons. The molecule has 5 nitrogen and oxygen atoms in total. The van der Waals surface area contributed by atoms with Crippen LogP contribution in [0.1, 0.15) is 44.0 Å². The molecule has 26 heavy (non-hydrogen) atoms. The molecule has 2 fully saturated rings. The van der Waals surface area contributed by atoms with Gasteiger partial charge in [0.15, 0.2) is 5.78 Å². The largest absolute Gasteiger partial charge is 0.298 e. The highest BCUT2D eigenvalue weighted by Crippen LogP contribution is 2.72. The fraction of sp³-hybridized carbons (Fsp3) is 0.500. The molecule has 3 atom stereocenters. The summed E-state index contributed by atoms with van der Waals surface area (Å²) in [6.45, 7) is 5.80. The first-order valence-corrected chi connectivity index (χ1v) is 9.90.